The third-order valence-corrected chi connectivity index (χ3v) is 3.28. The zero-order chi connectivity index (χ0) is 14.8. The van der Waals surface area contributed by atoms with Gasteiger partial charge in [-0.3, -0.25) is 4.98 Å². The van der Waals surface area contributed by atoms with E-state index >= 15 is 0 Å². The molecule has 0 aliphatic carbocycles. The lowest BCUT2D eigenvalue weighted by atomic mass is 10.1. The number of fused-ring (bicyclic) bond motifs is 1. The van der Waals surface area contributed by atoms with Gasteiger partial charge in [-0.2, -0.15) is 0 Å². The largest absolute Gasteiger partial charge is 0.494 e. The number of methoxy groups -OCH3 is 1. The van der Waals surface area contributed by atoms with Crippen molar-refractivity contribution in [3.05, 3.63) is 54.6 Å². The standard InChI is InChI=1S/C16H14FN3O/c1-21-16-5-2-10(8-13(16)17)20-15-4-3-14(18)12-9-19-7-6-11(12)15/h2-9,20H,18H2,1H3. The van der Waals surface area contributed by atoms with Gasteiger partial charge in [-0.25, -0.2) is 4.39 Å². The molecule has 0 atom stereocenters. The molecule has 2 aromatic carbocycles. The minimum Gasteiger partial charge on any atom is -0.494 e. The number of hydrogen-bond acceptors (Lipinski definition) is 4. The van der Waals surface area contributed by atoms with Crippen LogP contribution in [0.25, 0.3) is 10.8 Å². The summed E-state index contributed by atoms with van der Waals surface area (Å²) in [6.07, 6.45) is 3.41. The summed E-state index contributed by atoms with van der Waals surface area (Å²) in [6.45, 7) is 0. The first-order valence-corrected chi connectivity index (χ1v) is 6.42. The van der Waals surface area contributed by atoms with Gasteiger partial charge < -0.3 is 15.8 Å². The Kier molecular flexibility index (Phi) is 3.31. The summed E-state index contributed by atoms with van der Waals surface area (Å²) in [5, 5.41) is 4.98. The van der Waals surface area contributed by atoms with Crippen LogP contribution in [0.4, 0.5) is 21.5 Å². The zero-order valence-corrected chi connectivity index (χ0v) is 11.4. The summed E-state index contributed by atoms with van der Waals surface area (Å²) in [7, 11) is 1.44. The first kappa shape index (κ1) is 13.2. The molecule has 3 rings (SSSR count). The second kappa shape index (κ2) is 5.28. The van der Waals surface area contributed by atoms with Crippen LogP contribution >= 0.6 is 0 Å². The van der Waals surface area contributed by atoms with Crippen molar-refractivity contribution in [2.75, 3.05) is 18.2 Å². The monoisotopic (exact) mass is 283 g/mol. The molecule has 0 saturated carbocycles. The zero-order valence-electron chi connectivity index (χ0n) is 11.4. The van der Waals surface area contributed by atoms with Gasteiger partial charge in [-0.15, -0.1) is 0 Å². The molecule has 0 spiro atoms. The Morgan fingerprint density at radius 3 is 2.76 bits per heavy atom. The topological polar surface area (TPSA) is 60.2 Å². The Balaban J connectivity index is 2.02. The Hall–Kier alpha value is -2.82. The van der Waals surface area contributed by atoms with Crippen LogP contribution < -0.4 is 15.8 Å². The first-order chi connectivity index (χ1) is 10.2. The quantitative estimate of drug-likeness (QED) is 0.719. The molecule has 0 amide bonds. The molecule has 0 fully saturated rings. The van der Waals surface area contributed by atoms with Crippen LogP contribution in [-0.2, 0) is 0 Å². The van der Waals surface area contributed by atoms with E-state index in [-0.39, 0.29) is 5.75 Å². The second-order valence-electron chi connectivity index (χ2n) is 4.60. The number of benzene rings is 2. The maximum absolute atomic E-state index is 13.7. The molecular weight excluding hydrogens is 269 g/mol. The van der Waals surface area contributed by atoms with Gasteiger partial charge in [0.15, 0.2) is 11.6 Å². The highest BCUT2D eigenvalue weighted by atomic mass is 19.1. The fourth-order valence-electron chi connectivity index (χ4n) is 2.22. The van der Waals surface area contributed by atoms with E-state index in [9.17, 15) is 4.39 Å². The maximum atomic E-state index is 13.7. The number of nitrogens with one attached hydrogen (secondary N) is 1. The van der Waals surface area contributed by atoms with Gasteiger partial charge in [-0.1, -0.05) is 0 Å². The third kappa shape index (κ3) is 2.45. The molecule has 0 bridgehead atoms. The molecule has 21 heavy (non-hydrogen) atoms. The van der Waals surface area contributed by atoms with E-state index in [4.69, 9.17) is 10.5 Å². The van der Waals surface area contributed by atoms with Gasteiger partial charge in [0.05, 0.1) is 7.11 Å². The summed E-state index contributed by atoms with van der Waals surface area (Å²) >= 11 is 0. The van der Waals surface area contributed by atoms with Crippen LogP contribution in [0.3, 0.4) is 0 Å². The van der Waals surface area contributed by atoms with Crippen LogP contribution in [-0.4, -0.2) is 12.1 Å². The minimum atomic E-state index is -0.413. The summed E-state index contributed by atoms with van der Waals surface area (Å²) in [5.41, 5.74) is 8.07. The highest BCUT2D eigenvalue weighted by Gasteiger charge is 2.07. The van der Waals surface area contributed by atoms with E-state index in [1.807, 2.05) is 12.1 Å². The molecule has 0 aliphatic rings. The lowest BCUT2D eigenvalue weighted by molar-refractivity contribution is 0.386. The van der Waals surface area contributed by atoms with Crippen molar-refractivity contribution in [1.82, 2.24) is 4.98 Å². The van der Waals surface area contributed by atoms with Gasteiger partial charge in [0.2, 0.25) is 0 Å². The molecule has 5 heteroatoms. The van der Waals surface area contributed by atoms with Crippen molar-refractivity contribution >= 4 is 27.8 Å². The number of ether oxygens (including phenoxy) is 1. The van der Waals surface area contributed by atoms with E-state index in [2.05, 4.69) is 10.3 Å². The number of hydrogen-bond donors (Lipinski definition) is 2. The summed E-state index contributed by atoms with van der Waals surface area (Å²) in [5.74, 6) is -0.198. The molecular formula is C16H14FN3O. The molecule has 1 heterocycles. The predicted molar refractivity (Wildman–Crippen MR) is 82.4 cm³/mol. The van der Waals surface area contributed by atoms with Gasteiger partial charge in [0, 0.05) is 46.3 Å². The minimum absolute atomic E-state index is 0.215. The van der Waals surface area contributed by atoms with Crippen LogP contribution in [0.5, 0.6) is 5.75 Å². The van der Waals surface area contributed by atoms with Crippen molar-refractivity contribution in [3.63, 3.8) is 0 Å². The van der Waals surface area contributed by atoms with Gasteiger partial charge >= 0.3 is 0 Å². The molecule has 0 aliphatic heterocycles. The predicted octanol–water partition coefficient (Wildman–Crippen LogP) is 3.71. The lowest BCUT2D eigenvalue weighted by Crippen LogP contribution is -1.96. The molecule has 0 radical (unpaired) electrons. The van der Waals surface area contributed by atoms with Crippen LogP contribution in [0.15, 0.2) is 48.8 Å². The van der Waals surface area contributed by atoms with Gasteiger partial charge in [-0.05, 0) is 30.3 Å². The Bertz CT molecular complexity index is 805. The number of nitrogens with zero attached hydrogens (tertiary/aromatic N) is 1. The fourth-order valence-corrected chi connectivity index (χ4v) is 2.22. The first-order valence-electron chi connectivity index (χ1n) is 6.42. The number of pyridine rings is 1. The molecule has 0 unspecified atom stereocenters. The van der Waals surface area contributed by atoms with Gasteiger partial charge in [0.25, 0.3) is 0 Å². The smallest absolute Gasteiger partial charge is 0.167 e. The van der Waals surface area contributed by atoms with Gasteiger partial charge in [0.1, 0.15) is 0 Å². The van der Waals surface area contributed by atoms with E-state index in [1.165, 1.54) is 13.2 Å². The lowest BCUT2D eigenvalue weighted by Gasteiger charge is -2.12. The Morgan fingerprint density at radius 1 is 1.14 bits per heavy atom. The van der Waals surface area contributed by atoms with Crippen molar-refractivity contribution in [2.45, 2.75) is 0 Å². The number of nitrogen functional groups attached to an aromatic ring is 1. The second-order valence-corrected chi connectivity index (χ2v) is 4.60. The Labute approximate surface area is 121 Å². The number of nitrogens with two attached hydrogens (primary N) is 1. The average Bonchev–Trinajstić information content (AvgIpc) is 2.51. The summed E-state index contributed by atoms with van der Waals surface area (Å²) in [6, 6.07) is 10.3. The number of aromatic nitrogens is 1. The highest BCUT2D eigenvalue weighted by Crippen LogP contribution is 2.30. The van der Waals surface area contributed by atoms with E-state index in [0.29, 0.717) is 11.4 Å². The summed E-state index contributed by atoms with van der Waals surface area (Å²) < 4.78 is 18.6. The molecule has 1 aromatic heterocycles. The Morgan fingerprint density at radius 2 is 2.00 bits per heavy atom. The van der Waals surface area contributed by atoms with Crippen molar-refractivity contribution in [3.8, 4) is 5.75 Å². The van der Waals surface area contributed by atoms with E-state index < -0.39 is 5.82 Å². The van der Waals surface area contributed by atoms with Crippen molar-refractivity contribution < 1.29 is 9.13 Å². The number of rotatable bonds is 3. The molecule has 3 N–H and O–H groups in total. The molecule has 0 saturated heterocycles. The fraction of sp³-hybridized carbons (Fsp3) is 0.0625. The maximum Gasteiger partial charge on any atom is 0.167 e. The van der Waals surface area contributed by atoms with Crippen LogP contribution in [0.2, 0.25) is 0 Å². The molecule has 3 aromatic rings. The van der Waals surface area contributed by atoms with Crippen LogP contribution in [0.1, 0.15) is 0 Å². The summed E-state index contributed by atoms with van der Waals surface area (Å²) in [4.78, 5) is 4.07. The normalized spacial score (nSPS) is 10.6. The highest BCUT2D eigenvalue weighted by molar-refractivity contribution is 6.01. The van der Waals surface area contributed by atoms with Crippen molar-refractivity contribution in [1.29, 1.82) is 0 Å². The molecule has 106 valence electrons. The number of anilines is 3. The average molecular weight is 283 g/mol. The third-order valence-electron chi connectivity index (χ3n) is 3.28. The SMILES string of the molecule is COc1ccc(Nc2ccc(N)c3cnccc23)cc1F. The number of halogens is 1. The van der Waals surface area contributed by atoms with E-state index in [0.717, 1.165) is 16.5 Å². The van der Waals surface area contributed by atoms with E-state index in [1.54, 1.807) is 30.6 Å². The van der Waals surface area contributed by atoms with Crippen molar-refractivity contribution in [2.24, 2.45) is 0 Å². The molecule has 4 nitrogen and oxygen atoms in total. The van der Waals surface area contributed by atoms with Crippen LogP contribution in [0, 0.1) is 5.82 Å².